The Bertz CT molecular complexity index is 1380. The number of rotatable bonds is 6. The lowest BCUT2D eigenvalue weighted by Crippen LogP contribution is -2.42. The molecule has 0 amide bonds. The van der Waals surface area contributed by atoms with Crippen LogP contribution in [0.5, 0.6) is 0 Å². The molecule has 0 bridgehead atoms. The third-order valence-corrected chi connectivity index (χ3v) is 8.23. The van der Waals surface area contributed by atoms with E-state index in [0.29, 0.717) is 28.5 Å². The summed E-state index contributed by atoms with van der Waals surface area (Å²) in [6.45, 7) is 0.709. The maximum atomic E-state index is 12.8. The molecular weight excluding hydrogens is 491 g/mol. The normalized spacial score (nSPS) is 16.7. The lowest BCUT2D eigenvalue weighted by atomic mass is 9.92. The van der Waals surface area contributed by atoms with E-state index in [-0.39, 0.29) is 17.3 Å². The fourth-order valence-corrected chi connectivity index (χ4v) is 5.40. The molecule has 0 saturated heterocycles. The van der Waals surface area contributed by atoms with Crippen molar-refractivity contribution in [3.05, 3.63) is 36.2 Å². The van der Waals surface area contributed by atoms with E-state index in [1.54, 1.807) is 10.8 Å². The molecule has 1 fully saturated rings. The fraction of sp³-hybridized carbons (Fsp3) is 0.381. The molecular formula is C21H20F3N5O3S2. The minimum absolute atomic E-state index is 0.0598. The second-order valence-corrected chi connectivity index (χ2v) is 11.1. The van der Waals surface area contributed by atoms with Gasteiger partial charge < -0.3 is 9.12 Å². The SMILES string of the molecule is C[C@H](NS(=O)(=O)c1ccc(-c2c(C#N)c3cc([S+](C)[O-])cnc3n2C2CCC2)nc1)C(F)(F)F. The number of nitriles is 1. The molecule has 13 heteroatoms. The van der Waals surface area contributed by atoms with Crippen LogP contribution in [-0.2, 0) is 21.2 Å². The first-order valence-electron chi connectivity index (χ1n) is 10.3. The first-order chi connectivity index (χ1) is 15.9. The van der Waals surface area contributed by atoms with Gasteiger partial charge in [0.05, 0.1) is 23.1 Å². The van der Waals surface area contributed by atoms with Crippen molar-refractivity contribution in [1.29, 1.82) is 5.26 Å². The van der Waals surface area contributed by atoms with E-state index in [4.69, 9.17) is 0 Å². The van der Waals surface area contributed by atoms with Crippen molar-refractivity contribution in [1.82, 2.24) is 19.3 Å². The first-order valence-corrected chi connectivity index (χ1v) is 13.3. The standard InChI is InChI=1S/C21H20F3N5O3S2/c1-12(21(22,23)24)28-34(31,32)15-6-7-18(26-11-15)19-17(9-25)16-8-14(33(2)30)10-27-20(16)29(19)13-4-3-5-13/h6-8,10-13,28H,3-5H2,1-2H3/t12-,33?/m0/s1. The molecule has 1 N–H and O–H groups in total. The van der Waals surface area contributed by atoms with Gasteiger partial charge in [0.15, 0.2) is 4.90 Å². The molecule has 2 atom stereocenters. The van der Waals surface area contributed by atoms with Crippen LogP contribution in [0, 0.1) is 11.3 Å². The van der Waals surface area contributed by atoms with E-state index in [9.17, 15) is 31.4 Å². The fourth-order valence-electron chi connectivity index (χ4n) is 3.74. The van der Waals surface area contributed by atoms with Crippen LogP contribution >= 0.6 is 0 Å². The molecule has 1 saturated carbocycles. The summed E-state index contributed by atoms with van der Waals surface area (Å²) in [5.41, 5.74) is 1.51. The number of alkyl halides is 3. The molecule has 0 aromatic carbocycles. The molecule has 0 aliphatic heterocycles. The number of nitrogens with zero attached hydrogens (tertiary/aromatic N) is 4. The van der Waals surface area contributed by atoms with Crippen LogP contribution in [0.1, 0.15) is 37.8 Å². The minimum atomic E-state index is -4.74. The molecule has 3 heterocycles. The Morgan fingerprint density at radius 3 is 2.50 bits per heavy atom. The van der Waals surface area contributed by atoms with Gasteiger partial charge in [-0.2, -0.15) is 23.2 Å². The average molecular weight is 512 g/mol. The summed E-state index contributed by atoms with van der Waals surface area (Å²) in [5, 5.41) is 10.5. The first kappa shape index (κ1) is 24.5. The van der Waals surface area contributed by atoms with Crippen molar-refractivity contribution in [3.63, 3.8) is 0 Å². The van der Waals surface area contributed by atoms with Gasteiger partial charge in [0, 0.05) is 23.7 Å². The monoisotopic (exact) mass is 511 g/mol. The van der Waals surface area contributed by atoms with Crippen molar-refractivity contribution in [2.45, 2.75) is 54.2 Å². The number of aromatic nitrogens is 3. The molecule has 4 rings (SSSR count). The molecule has 3 aromatic heterocycles. The summed E-state index contributed by atoms with van der Waals surface area (Å²) < 4.78 is 78.6. The van der Waals surface area contributed by atoms with Gasteiger partial charge in [0.25, 0.3) is 0 Å². The van der Waals surface area contributed by atoms with E-state index >= 15 is 0 Å². The Hall–Kier alpha value is -2.66. The van der Waals surface area contributed by atoms with Gasteiger partial charge in [-0.25, -0.2) is 13.4 Å². The Morgan fingerprint density at radius 2 is 2.00 bits per heavy atom. The minimum Gasteiger partial charge on any atom is -0.612 e. The van der Waals surface area contributed by atoms with Crippen LogP contribution in [0.3, 0.4) is 0 Å². The lowest BCUT2D eigenvalue weighted by Gasteiger charge is -2.29. The number of halogens is 3. The van der Waals surface area contributed by atoms with Crippen molar-refractivity contribution >= 4 is 32.2 Å². The Morgan fingerprint density at radius 1 is 1.29 bits per heavy atom. The average Bonchev–Trinajstić information content (AvgIpc) is 3.05. The zero-order valence-electron chi connectivity index (χ0n) is 18.1. The van der Waals surface area contributed by atoms with Crippen LogP contribution in [0.4, 0.5) is 13.2 Å². The van der Waals surface area contributed by atoms with Gasteiger partial charge in [0.1, 0.15) is 28.9 Å². The van der Waals surface area contributed by atoms with Gasteiger partial charge >= 0.3 is 6.18 Å². The largest absolute Gasteiger partial charge is 0.612 e. The third kappa shape index (κ3) is 4.38. The van der Waals surface area contributed by atoms with Crippen LogP contribution < -0.4 is 4.72 Å². The summed E-state index contributed by atoms with van der Waals surface area (Å²) in [6, 6.07) is 4.11. The third-order valence-electron chi connectivity index (χ3n) is 5.81. The number of hydrogen-bond donors (Lipinski definition) is 1. The number of pyridine rings is 2. The summed E-state index contributed by atoms with van der Waals surface area (Å²) >= 11 is -1.31. The molecule has 3 aromatic rings. The van der Waals surface area contributed by atoms with E-state index in [1.807, 2.05) is 4.57 Å². The predicted octanol–water partition coefficient (Wildman–Crippen LogP) is 3.66. The molecule has 1 aliphatic carbocycles. The quantitative estimate of drug-likeness (QED) is 0.504. The molecule has 0 radical (unpaired) electrons. The second kappa shape index (κ2) is 8.84. The smallest absolute Gasteiger partial charge is 0.404 e. The summed E-state index contributed by atoms with van der Waals surface area (Å²) in [4.78, 5) is 8.67. The van der Waals surface area contributed by atoms with Crippen molar-refractivity contribution in [2.75, 3.05) is 6.26 Å². The van der Waals surface area contributed by atoms with E-state index in [2.05, 4.69) is 16.0 Å². The van der Waals surface area contributed by atoms with Crippen LogP contribution in [0.2, 0.25) is 0 Å². The zero-order chi connectivity index (χ0) is 24.8. The Balaban J connectivity index is 1.81. The maximum Gasteiger partial charge on any atom is 0.404 e. The number of hydrogen-bond acceptors (Lipinski definition) is 6. The summed E-state index contributed by atoms with van der Waals surface area (Å²) in [6.07, 6.45) is 1.94. The van der Waals surface area contributed by atoms with Crippen molar-refractivity contribution < 1.29 is 26.1 Å². The van der Waals surface area contributed by atoms with Crippen LogP contribution in [0.15, 0.2) is 40.4 Å². The maximum absolute atomic E-state index is 12.8. The van der Waals surface area contributed by atoms with E-state index in [0.717, 1.165) is 31.5 Å². The van der Waals surface area contributed by atoms with Gasteiger partial charge in [-0.1, -0.05) is 0 Å². The molecule has 0 spiro atoms. The Labute approximate surface area is 197 Å². The number of sulfonamides is 1. The highest BCUT2D eigenvalue weighted by Gasteiger charge is 2.39. The highest BCUT2D eigenvalue weighted by molar-refractivity contribution is 7.90. The summed E-state index contributed by atoms with van der Waals surface area (Å²) in [5.74, 6) is 0. The number of nitrogens with one attached hydrogen (secondary N) is 1. The highest BCUT2D eigenvalue weighted by Crippen LogP contribution is 2.41. The van der Waals surface area contributed by atoms with E-state index in [1.165, 1.54) is 18.5 Å². The molecule has 1 aliphatic rings. The zero-order valence-corrected chi connectivity index (χ0v) is 19.8. The molecule has 8 nitrogen and oxygen atoms in total. The summed E-state index contributed by atoms with van der Waals surface area (Å²) in [7, 11) is -4.47. The molecule has 34 heavy (non-hydrogen) atoms. The molecule has 1 unspecified atom stereocenters. The van der Waals surface area contributed by atoms with Crippen molar-refractivity contribution in [2.24, 2.45) is 0 Å². The number of fused-ring (bicyclic) bond motifs is 1. The second-order valence-electron chi connectivity index (χ2n) is 8.05. The highest BCUT2D eigenvalue weighted by atomic mass is 32.2. The Kier molecular flexibility index (Phi) is 6.36. The molecule has 180 valence electrons. The van der Waals surface area contributed by atoms with Crippen LogP contribution in [0.25, 0.3) is 22.4 Å². The van der Waals surface area contributed by atoms with Gasteiger partial charge in [0.2, 0.25) is 10.0 Å². The topological polar surface area (TPSA) is 124 Å². The van der Waals surface area contributed by atoms with Gasteiger partial charge in [-0.05, 0) is 49.5 Å². The van der Waals surface area contributed by atoms with E-state index < -0.39 is 38.3 Å². The van der Waals surface area contributed by atoms with Crippen molar-refractivity contribution in [3.8, 4) is 17.5 Å². The van der Waals surface area contributed by atoms with Gasteiger partial charge in [-0.15, -0.1) is 0 Å². The van der Waals surface area contributed by atoms with Crippen LogP contribution in [-0.4, -0.2) is 46.0 Å². The lowest BCUT2D eigenvalue weighted by molar-refractivity contribution is -0.147. The van der Waals surface area contributed by atoms with Gasteiger partial charge in [-0.3, -0.25) is 4.98 Å². The predicted molar refractivity (Wildman–Crippen MR) is 119 cm³/mol.